The van der Waals surface area contributed by atoms with Crippen molar-refractivity contribution in [2.75, 3.05) is 23.7 Å². The van der Waals surface area contributed by atoms with Crippen LogP contribution in [0.3, 0.4) is 0 Å². The molecule has 1 aliphatic heterocycles. The standard InChI is InChI=1S/C19H19F3N4O2/c20-19(21,22)28-14-6-4-13(5-7-14)27-15-2-1-9-26(11-15)12-3-8-16-17(10-12)25-18(23)24-16/h3-8,10,15H,1-2,9,11H2,(H3,23,24,25). The Kier molecular flexibility index (Phi) is 4.66. The lowest BCUT2D eigenvalue weighted by molar-refractivity contribution is -0.274. The van der Waals surface area contributed by atoms with Crippen LogP contribution in [0.4, 0.5) is 24.8 Å². The molecule has 1 unspecified atom stereocenters. The van der Waals surface area contributed by atoms with E-state index in [9.17, 15) is 13.2 Å². The van der Waals surface area contributed by atoms with Gasteiger partial charge in [0.25, 0.3) is 0 Å². The van der Waals surface area contributed by atoms with Crippen LogP contribution >= 0.6 is 0 Å². The predicted octanol–water partition coefficient (Wildman–Crippen LogP) is 4.09. The van der Waals surface area contributed by atoms with Crippen LogP contribution in [0.2, 0.25) is 0 Å². The van der Waals surface area contributed by atoms with Gasteiger partial charge in [-0.05, 0) is 55.3 Å². The second kappa shape index (κ2) is 7.14. The van der Waals surface area contributed by atoms with E-state index in [1.54, 1.807) is 0 Å². The minimum atomic E-state index is -4.70. The van der Waals surface area contributed by atoms with Crippen molar-refractivity contribution in [3.8, 4) is 11.5 Å². The number of H-pyrrole nitrogens is 1. The molecule has 0 amide bonds. The lowest BCUT2D eigenvalue weighted by atomic mass is 10.1. The van der Waals surface area contributed by atoms with Gasteiger partial charge in [0.05, 0.1) is 17.6 Å². The molecular formula is C19H19F3N4O2. The molecule has 2 aromatic carbocycles. The number of imidazole rings is 1. The molecule has 1 aromatic heterocycles. The number of rotatable bonds is 4. The molecule has 1 fully saturated rings. The molecule has 28 heavy (non-hydrogen) atoms. The number of aromatic amines is 1. The fraction of sp³-hybridized carbons (Fsp3) is 0.316. The predicted molar refractivity (Wildman–Crippen MR) is 99.5 cm³/mol. The number of fused-ring (bicyclic) bond motifs is 1. The lowest BCUT2D eigenvalue weighted by Crippen LogP contribution is -2.41. The number of nitrogen functional groups attached to an aromatic ring is 1. The summed E-state index contributed by atoms with van der Waals surface area (Å²) in [6, 6.07) is 11.4. The van der Waals surface area contributed by atoms with Gasteiger partial charge >= 0.3 is 6.36 Å². The number of benzene rings is 2. The van der Waals surface area contributed by atoms with Gasteiger partial charge < -0.3 is 25.1 Å². The number of nitrogens with one attached hydrogen (secondary N) is 1. The summed E-state index contributed by atoms with van der Waals surface area (Å²) >= 11 is 0. The van der Waals surface area contributed by atoms with E-state index < -0.39 is 6.36 Å². The molecule has 2 heterocycles. The van der Waals surface area contributed by atoms with Crippen molar-refractivity contribution >= 4 is 22.7 Å². The molecule has 6 nitrogen and oxygen atoms in total. The smallest absolute Gasteiger partial charge is 0.489 e. The number of ether oxygens (including phenoxy) is 2. The van der Waals surface area contributed by atoms with E-state index in [1.807, 2.05) is 18.2 Å². The number of alkyl halides is 3. The van der Waals surface area contributed by atoms with Crippen molar-refractivity contribution in [3.63, 3.8) is 0 Å². The first-order chi connectivity index (χ1) is 13.4. The van der Waals surface area contributed by atoms with Crippen LogP contribution in [0.1, 0.15) is 12.8 Å². The summed E-state index contributed by atoms with van der Waals surface area (Å²) in [4.78, 5) is 9.44. The van der Waals surface area contributed by atoms with E-state index in [1.165, 1.54) is 24.3 Å². The molecule has 0 aliphatic carbocycles. The maximum Gasteiger partial charge on any atom is 0.573 e. The summed E-state index contributed by atoms with van der Waals surface area (Å²) in [5.74, 6) is 0.625. The highest BCUT2D eigenvalue weighted by Crippen LogP contribution is 2.28. The van der Waals surface area contributed by atoms with Crippen molar-refractivity contribution in [3.05, 3.63) is 42.5 Å². The van der Waals surface area contributed by atoms with Crippen molar-refractivity contribution < 1.29 is 22.6 Å². The minimum absolute atomic E-state index is 0.0642. The van der Waals surface area contributed by atoms with Crippen LogP contribution in [0.15, 0.2) is 42.5 Å². The Morgan fingerprint density at radius 3 is 2.61 bits per heavy atom. The second-order valence-corrected chi connectivity index (χ2v) is 6.67. The third-order valence-electron chi connectivity index (χ3n) is 4.59. The quantitative estimate of drug-likeness (QED) is 0.699. The molecule has 3 N–H and O–H groups in total. The fourth-order valence-corrected chi connectivity index (χ4v) is 3.40. The summed E-state index contributed by atoms with van der Waals surface area (Å²) in [6.07, 6.45) is -2.95. The van der Waals surface area contributed by atoms with Crippen LogP contribution < -0.4 is 20.1 Å². The Labute approximate surface area is 159 Å². The van der Waals surface area contributed by atoms with Crippen LogP contribution in [0, 0.1) is 0 Å². The summed E-state index contributed by atoms with van der Waals surface area (Å²) in [6.45, 7) is 1.57. The Hall–Kier alpha value is -3.10. The number of hydrogen-bond acceptors (Lipinski definition) is 5. The Bertz CT molecular complexity index is 956. The molecule has 1 saturated heterocycles. The summed E-state index contributed by atoms with van der Waals surface area (Å²) < 4.78 is 46.6. The number of hydrogen-bond donors (Lipinski definition) is 2. The van der Waals surface area contributed by atoms with Gasteiger partial charge in [-0.2, -0.15) is 0 Å². The first kappa shape index (κ1) is 18.3. The van der Waals surface area contributed by atoms with Crippen molar-refractivity contribution in [1.82, 2.24) is 9.97 Å². The van der Waals surface area contributed by atoms with E-state index in [0.717, 1.165) is 36.1 Å². The Morgan fingerprint density at radius 2 is 1.86 bits per heavy atom. The molecule has 1 aliphatic rings. The van der Waals surface area contributed by atoms with Crippen molar-refractivity contribution in [2.24, 2.45) is 0 Å². The van der Waals surface area contributed by atoms with E-state index in [0.29, 0.717) is 18.2 Å². The van der Waals surface area contributed by atoms with Crippen LogP contribution in [0.5, 0.6) is 11.5 Å². The normalized spacial score (nSPS) is 17.7. The first-order valence-corrected chi connectivity index (χ1v) is 8.88. The average Bonchev–Trinajstić information content (AvgIpc) is 3.01. The highest BCUT2D eigenvalue weighted by Gasteiger charge is 2.31. The first-order valence-electron chi connectivity index (χ1n) is 8.88. The average molecular weight is 392 g/mol. The molecule has 148 valence electrons. The van der Waals surface area contributed by atoms with Crippen LogP contribution in [-0.4, -0.2) is 35.5 Å². The molecule has 4 rings (SSSR count). The number of anilines is 2. The Morgan fingerprint density at radius 1 is 1.11 bits per heavy atom. The van der Waals surface area contributed by atoms with Gasteiger partial charge in [0.2, 0.25) is 0 Å². The van der Waals surface area contributed by atoms with Crippen molar-refractivity contribution in [1.29, 1.82) is 0 Å². The van der Waals surface area contributed by atoms with E-state index in [4.69, 9.17) is 10.5 Å². The SMILES string of the molecule is Nc1nc2ccc(N3CCCC(Oc4ccc(OC(F)(F)F)cc4)C3)cc2[nH]1. The van der Waals surface area contributed by atoms with Crippen LogP contribution in [-0.2, 0) is 0 Å². The molecular weight excluding hydrogens is 373 g/mol. The third kappa shape index (κ3) is 4.24. The van der Waals surface area contributed by atoms with Gasteiger partial charge in [0, 0.05) is 12.2 Å². The van der Waals surface area contributed by atoms with E-state index in [2.05, 4.69) is 19.6 Å². The highest BCUT2D eigenvalue weighted by atomic mass is 19.4. The molecule has 0 spiro atoms. The largest absolute Gasteiger partial charge is 0.573 e. The maximum absolute atomic E-state index is 12.2. The Balaban J connectivity index is 1.41. The van der Waals surface area contributed by atoms with Gasteiger partial charge in [-0.1, -0.05) is 0 Å². The molecule has 3 aromatic rings. The summed E-state index contributed by atoms with van der Waals surface area (Å²) in [7, 11) is 0. The highest BCUT2D eigenvalue weighted by molar-refractivity contribution is 5.81. The zero-order chi connectivity index (χ0) is 19.7. The number of piperidine rings is 1. The van der Waals surface area contributed by atoms with Gasteiger partial charge in [-0.15, -0.1) is 13.2 Å². The van der Waals surface area contributed by atoms with Gasteiger partial charge in [0.15, 0.2) is 5.95 Å². The van der Waals surface area contributed by atoms with Crippen LogP contribution in [0.25, 0.3) is 11.0 Å². The second-order valence-electron chi connectivity index (χ2n) is 6.67. The minimum Gasteiger partial charge on any atom is -0.489 e. The number of halogens is 3. The third-order valence-corrected chi connectivity index (χ3v) is 4.59. The van der Waals surface area contributed by atoms with Gasteiger partial charge in [0.1, 0.15) is 17.6 Å². The lowest BCUT2D eigenvalue weighted by Gasteiger charge is -2.34. The zero-order valence-electron chi connectivity index (χ0n) is 14.9. The molecule has 0 bridgehead atoms. The molecule has 0 saturated carbocycles. The number of nitrogens with two attached hydrogens (primary N) is 1. The zero-order valence-corrected chi connectivity index (χ0v) is 14.9. The topological polar surface area (TPSA) is 76.4 Å². The van der Waals surface area contributed by atoms with E-state index in [-0.39, 0.29) is 11.9 Å². The molecule has 9 heteroatoms. The summed E-state index contributed by atoms with van der Waals surface area (Å²) in [5.41, 5.74) is 8.43. The monoisotopic (exact) mass is 392 g/mol. The van der Waals surface area contributed by atoms with Crippen molar-refractivity contribution in [2.45, 2.75) is 25.3 Å². The summed E-state index contributed by atoms with van der Waals surface area (Å²) in [5, 5.41) is 0. The molecule has 1 atom stereocenters. The number of nitrogens with zero attached hydrogens (tertiary/aromatic N) is 2. The maximum atomic E-state index is 12.2. The molecule has 0 radical (unpaired) electrons. The fourth-order valence-electron chi connectivity index (χ4n) is 3.40. The van der Waals surface area contributed by atoms with E-state index >= 15 is 0 Å². The van der Waals surface area contributed by atoms with Gasteiger partial charge in [-0.3, -0.25) is 0 Å². The number of aromatic nitrogens is 2. The van der Waals surface area contributed by atoms with Gasteiger partial charge in [-0.25, -0.2) is 4.98 Å².